The van der Waals surface area contributed by atoms with Crippen LogP contribution >= 0.6 is 0 Å². The third kappa shape index (κ3) is 5.66. The molecule has 31 heavy (non-hydrogen) atoms. The number of amides is 2. The van der Waals surface area contributed by atoms with Crippen LogP contribution in [0.1, 0.15) is 63.8 Å². The average molecular weight is 423 g/mol. The van der Waals surface area contributed by atoms with Gasteiger partial charge in [0.15, 0.2) is 6.10 Å². The van der Waals surface area contributed by atoms with Crippen molar-refractivity contribution >= 4 is 11.8 Å². The van der Waals surface area contributed by atoms with Crippen molar-refractivity contribution in [2.24, 2.45) is 5.92 Å². The fraction of sp³-hybridized carbons (Fsp3) is 0.462. The molecule has 0 saturated carbocycles. The third-order valence-electron chi connectivity index (χ3n) is 5.48. The lowest BCUT2D eigenvalue weighted by atomic mass is 9.87. The maximum absolute atomic E-state index is 13.1. The van der Waals surface area contributed by atoms with Gasteiger partial charge in [-0.2, -0.15) is 0 Å². The van der Waals surface area contributed by atoms with Gasteiger partial charge in [0.25, 0.3) is 5.91 Å². The highest BCUT2D eigenvalue weighted by Gasteiger charge is 2.32. The second kappa shape index (κ2) is 9.99. The minimum absolute atomic E-state index is 0.0603. The zero-order valence-corrected chi connectivity index (χ0v) is 19.2. The molecule has 0 fully saturated rings. The lowest BCUT2D eigenvalue weighted by Gasteiger charge is -2.38. The number of carbonyl (C=O) groups excluding carboxylic acids is 2. The van der Waals surface area contributed by atoms with Crippen LogP contribution in [-0.2, 0) is 16.0 Å². The molecule has 1 N–H and O–H groups in total. The van der Waals surface area contributed by atoms with Crippen LogP contribution in [0, 0.1) is 5.92 Å². The predicted octanol–water partition coefficient (Wildman–Crippen LogP) is 4.50. The van der Waals surface area contributed by atoms with Crippen molar-refractivity contribution in [2.75, 3.05) is 6.54 Å². The lowest BCUT2D eigenvalue weighted by molar-refractivity contribution is -0.134. The van der Waals surface area contributed by atoms with E-state index in [0.29, 0.717) is 24.6 Å². The van der Waals surface area contributed by atoms with Crippen LogP contribution in [0.3, 0.4) is 0 Å². The monoisotopic (exact) mass is 422 g/mol. The molecule has 2 aromatic carbocycles. The van der Waals surface area contributed by atoms with Crippen LogP contribution in [-0.4, -0.2) is 35.4 Å². The normalized spacial score (nSPS) is 16.7. The van der Waals surface area contributed by atoms with Crippen LogP contribution < -0.4 is 10.1 Å². The molecule has 5 heteroatoms. The molecule has 5 nitrogen and oxygen atoms in total. The summed E-state index contributed by atoms with van der Waals surface area (Å²) in [5, 5.41) is 2.88. The van der Waals surface area contributed by atoms with E-state index < -0.39 is 6.10 Å². The summed E-state index contributed by atoms with van der Waals surface area (Å²) in [4.78, 5) is 27.4. The Bertz CT molecular complexity index is 908. The number of benzene rings is 2. The number of carbonyl (C=O) groups is 2. The number of nitrogens with one attached hydrogen (secondary N) is 1. The smallest absolute Gasteiger partial charge is 0.260 e. The molecule has 0 aliphatic carbocycles. The van der Waals surface area contributed by atoms with E-state index in [2.05, 4.69) is 37.4 Å². The quantitative estimate of drug-likeness (QED) is 0.715. The molecular formula is C26H34N2O3. The minimum Gasteiger partial charge on any atom is -0.481 e. The lowest BCUT2D eigenvalue weighted by Crippen LogP contribution is -2.41. The van der Waals surface area contributed by atoms with E-state index in [1.165, 1.54) is 5.56 Å². The zero-order valence-electron chi connectivity index (χ0n) is 19.2. The van der Waals surface area contributed by atoms with Crippen molar-refractivity contribution in [1.82, 2.24) is 10.2 Å². The fourth-order valence-electron chi connectivity index (χ4n) is 4.06. The first-order chi connectivity index (χ1) is 14.8. The van der Waals surface area contributed by atoms with Crippen molar-refractivity contribution in [1.29, 1.82) is 0 Å². The van der Waals surface area contributed by atoms with Crippen molar-refractivity contribution in [3.8, 4) is 5.75 Å². The molecule has 2 amide bonds. The Kier molecular flexibility index (Phi) is 7.37. The number of ether oxygens (including phenoxy) is 1. The van der Waals surface area contributed by atoms with Gasteiger partial charge in [-0.1, -0.05) is 50.2 Å². The van der Waals surface area contributed by atoms with E-state index in [0.717, 1.165) is 17.5 Å². The molecule has 1 heterocycles. The van der Waals surface area contributed by atoms with Gasteiger partial charge in [0.1, 0.15) is 5.75 Å². The van der Waals surface area contributed by atoms with Crippen LogP contribution in [0.4, 0.5) is 0 Å². The van der Waals surface area contributed by atoms with Crippen LogP contribution in [0.25, 0.3) is 0 Å². The molecule has 0 aromatic heterocycles. The highest BCUT2D eigenvalue weighted by Crippen LogP contribution is 2.37. The van der Waals surface area contributed by atoms with E-state index in [1.54, 1.807) is 6.92 Å². The third-order valence-corrected chi connectivity index (χ3v) is 5.48. The number of fused-ring (bicyclic) bond motifs is 1. The van der Waals surface area contributed by atoms with Gasteiger partial charge >= 0.3 is 0 Å². The second-order valence-electron chi connectivity index (χ2n) is 9.03. The van der Waals surface area contributed by atoms with Crippen molar-refractivity contribution in [2.45, 2.75) is 65.6 Å². The summed E-state index contributed by atoms with van der Waals surface area (Å²) in [6.07, 6.45) is 0.742. The molecule has 0 saturated heterocycles. The molecule has 3 rings (SSSR count). The molecule has 0 radical (unpaired) electrons. The van der Waals surface area contributed by atoms with Gasteiger partial charge in [-0.3, -0.25) is 9.59 Å². The number of rotatable bonds is 7. The molecule has 2 atom stereocenters. The average Bonchev–Trinajstić information content (AvgIpc) is 2.72. The van der Waals surface area contributed by atoms with Gasteiger partial charge < -0.3 is 15.0 Å². The summed E-state index contributed by atoms with van der Waals surface area (Å²) in [6.45, 7) is 10.5. The second-order valence-corrected chi connectivity index (χ2v) is 9.03. The van der Waals surface area contributed by atoms with Crippen LogP contribution in [0.2, 0.25) is 0 Å². The summed E-state index contributed by atoms with van der Waals surface area (Å²) in [6, 6.07) is 16.0. The Morgan fingerprint density at radius 3 is 2.42 bits per heavy atom. The van der Waals surface area contributed by atoms with E-state index in [9.17, 15) is 9.59 Å². The predicted molar refractivity (Wildman–Crippen MR) is 123 cm³/mol. The maximum Gasteiger partial charge on any atom is 0.260 e. The minimum atomic E-state index is -0.599. The summed E-state index contributed by atoms with van der Waals surface area (Å²) in [5.74, 6) is 0.983. The van der Waals surface area contributed by atoms with Crippen molar-refractivity contribution in [3.05, 3.63) is 65.2 Å². The van der Waals surface area contributed by atoms with E-state index >= 15 is 0 Å². The molecular weight excluding hydrogens is 388 g/mol. The van der Waals surface area contributed by atoms with Crippen LogP contribution in [0.5, 0.6) is 5.75 Å². The molecule has 0 spiro atoms. The topological polar surface area (TPSA) is 58.6 Å². The number of hydrogen-bond donors (Lipinski definition) is 1. The van der Waals surface area contributed by atoms with Crippen molar-refractivity contribution < 1.29 is 14.3 Å². The summed E-state index contributed by atoms with van der Waals surface area (Å²) < 4.78 is 5.97. The first-order valence-electron chi connectivity index (χ1n) is 11.2. The molecule has 0 bridgehead atoms. The Hall–Kier alpha value is -2.82. The number of hydrogen-bond acceptors (Lipinski definition) is 3. The molecule has 1 aliphatic heterocycles. The van der Waals surface area contributed by atoms with Gasteiger partial charge in [-0.25, -0.2) is 0 Å². The van der Waals surface area contributed by atoms with Gasteiger partial charge in [0.2, 0.25) is 5.91 Å². The zero-order chi connectivity index (χ0) is 22.5. The Labute approximate surface area is 185 Å². The molecule has 166 valence electrons. The Morgan fingerprint density at radius 1 is 1.06 bits per heavy atom. The number of nitrogens with zero attached hydrogens (tertiary/aromatic N) is 1. The first-order valence-corrected chi connectivity index (χ1v) is 11.2. The van der Waals surface area contributed by atoms with Gasteiger partial charge in [0, 0.05) is 19.0 Å². The van der Waals surface area contributed by atoms with Gasteiger partial charge in [0.05, 0.1) is 6.04 Å². The largest absolute Gasteiger partial charge is 0.481 e. The molecule has 2 aromatic rings. The summed E-state index contributed by atoms with van der Waals surface area (Å²) in [7, 11) is 0. The van der Waals surface area contributed by atoms with E-state index in [1.807, 2.05) is 49.1 Å². The van der Waals surface area contributed by atoms with Crippen molar-refractivity contribution in [3.63, 3.8) is 0 Å². The maximum atomic E-state index is 13.1. The summed E-state index contributed by atoms with van der Waals surface area (Å²) in [5.41, 5.74) is 3.38. The van der Waals surface area contributed by atoms with E-state index in [-0.39, 0.29) is 23.9 Å². The highest BCUT2D eigenvalue weighted by atomic mass is 16.5. The molecule has 1 aliphatic rings. The van der Waals surface area contributed by atoms with Gasteiger partial charge in [-0.15, -0.1) is 0 Å². The molecule has 0 unspecified atom stereocenters. The standard InChI is InChI=1S/C26H34N2O3/c1-17(2)15-24(29)28-14-13-20-11-12-22(31-19(5)26(30)27-18(3)4)16-23(20)25(28)21-9-7-6-8-10-21/h6-12,16-19,25H,13-15H2,1-5H3,(H,27,30)/t19-,25-/m0/s1. The SMILES string of the molecule is CC(C)CC(=O)N1CCc2ccc(O[C@@H](C)C(=O)NC(C)C)cc2[C@@H]1c1ccccc1. The Balaban J connectivity index is 1.94. The van der Waals surface area contributed by atoms with Crippen LogP contribution in [0.15, 0.2) is 48.5 Å². The fourth-order valence-corrected chi connectivity index (χ4v) is 4.06. The highest BCUT2D eigenvalue weighted by molar-refractivity contribution is 5.81. The first kappa shape index (κ1) is 22.9. The Morgan fingerprint density at radius 2 is 1.77 bits per heavy atom. The summed E-state index contributed by atoms with van der Waals surface area (Å²) >= 11 is 0. The van der Waals surface area contributed by atoms with E-state index in [4.69, 9.17) is 4.74 Å². The van der Waals surface area contributed by atoms with Gasteiger partial charge in [-0.05, 0) is 61.9 Å².